The lowest BCUT2D eigenvalue weighted by molar-refractivity contribution is 0.666. The van der Waals surface area contributed by atoms with Crippen LogP contribution in [-0.2, 0) is 0 Å². The second kappa shape index (κ2) is 5.00. The van der Waals surface area contributed by atoms with Crippen molar-refractivity contribution < 1.29 is 0 Å². The van der Waals surface area contributed by atoms with Gasteiger partial charge in [-0.3, -0.25) is 0 Å². The maximum absolute atomic E-state index is 5.88. The van der Waals surface area contributed by atoms with E-state index in [1.165, 1.54) is 6.42 Å². The third-order valence-electron chi connectivity index (χ3n) is 3.09. The molecule has 1 aromatic heterocycles. The van der Waals surface area contributed by atoms with E-state index in [0.717, 1.165) is 30.5 Å². The molecule has 1 fully saturated rings. The first kappa shape index (κ1) is 11.6. The van der Waals surface area contributed by atoms with Gasteiger partial charge in [0.2, 0.25) is 0 Å². The van der Waals surface area contributed by atoms with Gasteiger partial charge in [-0.1, -0.05) is 13.8 Å². The topological polar surface area (TPSA) is 29.0 Å². The molecule has 0 radical (unpaired) electrons. The number of hydrogen-bond acceptors (Lipinski definition) is 3. The van der Waals surface area contributed by atoms with E-state index in [1.54, 1.807) is 6.33 Å². The standard InChI is InChI=1S/C12H18ClN3/c1-9(2)11-5-12(15-8-14-11)16-4-3-10(6-13)7-16/h5,8-10H,3-4,6-7H2,1-2H3. The zero-order valence-corrected chi connectivity index (χ0v) is 10.6. The van der Waals surface area contributed by atoms with E-state index in [-0.39, 0.29) is 0 Å². The second-order valence-electron chi connectivity index (χ2n) is 4.71. The molecule has 4 heteroatoms. The Balaban J connectivity index is 2.12. The molecule has 0 amide bonds. The number of nitrogens with zero attached hydrogens (tertiary/aromatic N) is 3. The fraction of sp³-hybridized carbons (Fsp3) is 0.667. The van der Waals surface area contributed by atoms with E-state index in [1.807, 2.05) is 0 Å². The summed E-state index contributed by atoms with van der Waals surface area (Å²) in [6.45, 7) is 6.39. The summed E-state index contributed by atoms with van der Waals surface area (Å²) < 4.78 is 0. The molecular weight excluding hydrogens is 222 g/mol. The molecular formula is C12H18ClN3. The van der Waals surface area contributed by atoms with Gasteiger partial charge in [0.05, 0.1) is 0 Å². The van der Waals surface area contributed by atoms with Crippen molar-refractivity contribution >= 4 is 17.4 Å². The molecule has 2 rings (SSSR count). The molecule has 0 N–H and O–H groups in total. The van der Waals surface area contributed by atoms with Crippen LogP contribution in [0.3, 0.4) is 0 Å². The van der Waals surface area contributed by atoms with Crippen LogP contribution in [0, 0.1) is 5.92 Å². The highest BCUT2D eigenvalue weighted by atomic mass is 35.5. The van der Waals surface area contributed by atoms with Gasteiger partial charge >= 0.3 is 0 Å². The van der Waals surface area contributed by atoms with E-state index >= 15 is 0 Å². The summed E-state index contributed by atoms with van der Waals surface area (Å²) in [5, 5.41) is 0. The van der Waals surface area contributed by atoms with Crippen LogP contribution in [0.5, 0.6) is 0 Å². The van der Waals surface area contributed by atoms with E-state index < -0.39 is 0 Å². The van der Waals surface area contributed by atoms with E-state index in [9.17, 15) is 0 Å². The van der Waals surface area contributed by atoms with E-state index in [0.29, 0.717) is 11.8 Å². The molecule has 0 bridgehead atoms. The number of alkyl halides is 1. The molecule has 0 aromatic carbocycles. The minimum absolute atomic E-state index is 0.452. The smallest absolute Gasteiger partial charge is 0.132 e. The molecule has 3 nitrogen and oxygen atoms in total. The largest absolute Gasteiger partial charge is 0.356 e. The van der Waals surface area contributed by atoms with Crippen LogP contribution in [0.25, 0.3) is 0 Å². The highest BCUT2D eigenvalue weighted by Gasteiger charge is 2.22. The summed E-state index contributed by atoms with van der Waals surface area (Å²) in [6.07, 6.45) is 2.84. The number of anilines is 1. The molecule has 1 unspecified atom stereocenters. The first-order valence-corrected chi connectivity index (χ1v) is 6.37. The highest BCUT2D eigenvalue weighted by Crippen LogP contribution is 2.24. The van der Waals surface area contributed by atoms with Crippen LogP contribution in [-0.4, -0.2) is 28.9 Å². The highest BCUT2D eigenvalue weighted by molar-refractivity contribution is 6.18. The lowest BCUT2D eigenvalue weighted by atomic mass is 10.1. The predicted molar refractivity (Wildman–Crippen MR) is 67.2 cm³/mol. The third kappa shape index (κ3) is 2.46. The van der Waals surface area contributed by atoms with Gasteiger partial charge in [0.25, 0.3) is 0 Å². The summed E-state index contributed by atoms with van der Waals surface area (Å²) >= 11 is 5.88. The molecule has 0 saturated carbocycles. The van der Waals surface area contributed by atoms with Crippen LogP contribution in [0.15, 0.2) is 12.4 Å². The maximum Gasteiger partial charge on any atom is 0.132 e. The number of hydrogen-bond donors (Lipinski definition) is 0. The SMILES string of the molecule is CC(C)c1cc(N2CCC(CCl)C2)ncn1. The van der Waals surface area contributed by atoms with Crippen molar-refractivity contribution in [1.82, 2.24) is 9.97 Å². The van der Waals surface area contributed by atoms with Gasteiger partial charge in [-0.05, 0) is 18.3 Å². The fourth-order valence-corrected chi connectivity index (χ4v) is 2.27. The van der Waals surface area contributed by atoms with Crippen molar-refractivity contribution in [3.05, 3.63) is 18.1 Å². The quantitative estimate of drug-likeness (QED) is 0.760. The summed E-state index contributed by atoms with van der Waals surface area (Å²) in [4.78, 5) is 10.9. The number of aromatic nitrogens is 2. The Kier molecular flexibility index (Phi) is 3.64. The Morgan fingerprint density at radius 2 is 2.31 bits per heavy atom. The van der Waals surface area contributed by atoms with Crippen molar-refractivity contribution in [1.29, 1.82) is 0 Å². The van der Waals surface area contributed by atoms with Crippen molar-refractivity contribution in [3.8, 4) is 0 Å². The normalized spacial score (nSPS) is 20.8. The summed E-state index contributed by atoms with van der Waals surface area (Å²) in [7, 11) is 0. The molecule has 0 aliphatic carbocycles. The zero-order chi connectivity index (χ0) is 11.5. The fourth-order valence-electron chi connectivity index (χ4n) is 2.02. The predicted octanol–water partition coefficient (Wildman–Crippen LogP) is 2.67. The van der Waals surface area contributed by atoms with E-state index in [4.69, 9.17) is 11.6 Å². The Morgan fingerprint density at radius 1 is 1.50 bits per heavy atom. The Hall–Kier alpha value is -0.830. The van der Waals surface area contributed by atoms with Gasteiger partial charge in [0.15, 0.2) is 0 Å². The molecule has 1 aliphatic heterocycles. The summed E-state index contributed by atoms with van der Waals surface area (Å²) in [5.74, 6) is 2.86. The molecule has 1 saturated heterocycles. The third-order valence-corrected chi connectivity index (χ3v) is 3.53. The molecule has 88 valence electrons. The summed E-state index contributed by atoms with van der Waals surface area (Å²) in [5.41, 5.74) is 1.11. The molecule has 1 atom stereocenters. The average Bonchev–Trinajstić information content (AvgIpc) is 2.77. The lowest BCUT2D eigenvalue weighted by Gasteiger charge is -2.18. The Morgan fingerprint density at radius 3 is 2.94 bits per heavy atom. The molecule has 16 heavy (non-hydrogen) atoms. The van der Waals surface area contributed by atoms with Crippen LogP contribution in [0.4, 0.5) is 5.82 Å². The Bertz CT molecular complexity index is 354. The van der Waals surface area contributed by atoms with Gasteiger partial charge in [-0.25, -0.2) is 9.97 Å². The van der Waals surface area contributed by atoms with Crippen LogP contribution in [0.1, 0.15) is 31.9 Å². The van der Waals surface area contributed by atoms with Gasteiger partial charge in [-0.2, -0.15) is 0 Å². The van der Waals surface area contributed by atoms with Crippen LogP contribution < -0.4 is 4.90 Å². The second-order valence-corrected chi connectivity index (χ2v) is 5.02. The molecule has 2 heterocycles. The van der Waals surface area contributed by atoms with Gasteiger partial charge in [0.1, 0.15) is 12.1 Å². The minimum Gasteiger partial charge on any atom is -0.356 e. The number of halogens is 1. The number of rotatable bonds is 3. The van der Waals surface area contributed by atoms with Gasteiger partial charge in [-0.15, -0.1) is 11.6 Å². The monoisotopic (exact) mass is 239 g/mol. The molecule has 1 aliphatic rings. The maximum atomic E-state index is 5.88. The summed E-state index contributed by atoms with van der Waals surface area (Å²) in [6, 6.07) is 2.10. The first-order chi connectivity index (χ1) is 7.70. The van der Waals surface area contributed by atoms with Crippen molar-refractivity contribution in [2.75, 3.05) is 23.9 Å². The average molecular weight is 240 g/mol. The first-order valence-electron chi connectivity index (χ1n) is 5.83. The van der Waals surface area contributed by atoms with Crippen LogP contribution in [0.2, 0.25) is 0 Å². The zero-order valence-electron chi connectivity index (χ0n) is 9.86. The van der Waals surface area contributed by atoms with Crippen LogP contribution >= 0.6 is 11.6 Å². The van der Waals surface area contributed by atoms with Crippen molar-refractivity contribution in [3.63, 3.8) is 0 Å². The van der Waals surface area contributed by atoms with Crippen molar-refractivity contribution in [2.45, 2.75) is 26.2 Å². The Labute approximate surface area is 102 Å². The van der Waals surface area contributed by atoms with Crippen molar-refractivity contribution in [2.24, 2.45) is 5.92 Å². The molecule has 0 spiro atoms. The minimum atomic E-state index is 0.452. The lowest BCUT2D eigenvalue weighted by Crippen LogP contribution is -2.21. The van der Waals surface area contributed by atoms with Gasteiger partial charge in [0, 0.05) is 30.7 Å². The van der Waals surface area contributed by atoms with Gasteiger partial charge < -0.3 is 4.90 Å². The van der Waals surface area contributed by atoms with E-state index in [2.05, 4.69) is 34.8 Å². The molecule has 1 aromatic rings.